The van der Waals surface area contributed by atoms with Crippen molar-refractivity contribution in [3.63, 3.8) is 0 Å². The van der Waals surface area contributed by atoms with Gasteiger partial charge < -0.3 is 15.3 Å². The van der Waals surface area contributed by atoms with E-state index in [0.29, 0.717) is 31.1 Å². The van der Waals surface area contributed by atoms with Gasteiger partial charge in [-0.3, -0.25) is 0 Å². The normalized spacial score (nSPS) is 18.8. The third-order valence-electron chi connectivity index (χ3n) is 6.67. The zero-order chi connectivity index (χ0) is 25.8. The first kappa shape index (κ1) is 26.2. The Morgan fingerprint density at radius 2 is 2.00 bits per heavy atom. The number of rotatable bonds is 9. The van der Waals surface area contributed by atoms with Crippen LogP contribution < -0.4 is 10.7 Å². The van der Waals surface area contributed by atoms with Crippen LogP contribution in [0.5, 0.6) is 0 Å². The molecule has 0 saturated carbocycles. The number of hydrogen-bond acceptors (Lipinski definition) is 6. The Labute approximate surface area is 212 Å². The van der Waals surface area contributed by atoms with Crippen molar-refractivity contribution in [1.29, 1.82) is 0 Å². The van der Waals surface area contributed by atoms with Crippen molar-refractivity contribution >= 4 is 5.82 Å². The summed E-state index contributed by atoms with van der Waals surface area (Å²) < 4.78 is 31.6. The minimum Gasteiger partial charge on any atom is -0.333 e. The van der Waals surface area contributed by atoms with Crippen molar-refractivity contribution in [3.8, 4) is 11.3 Å². The summed E-state index contributed by atoms with van der Waals surface area (Å²) in [6.07, 6.45) is 4.80. The minimum absolute atomic E-state index is 0.230. The second-order valence-corrected chi connectivity index (χ2v) is 10.2. The Balaban J connectivity index is 1.54. The second-order valence-electron chi connectivity index (χ2n) is 10.2. The van der Waals surface area contributed by atoms with E-state index in [1.807, 2.05) is 11.2 Å². The van der Waals surface area contributed by atoms with Crippen LogP contribution in [0.2, 0.25) is 0 Å². The summed E-state index contributed by atoms with van der Waals surface area (Å²) in [7, 11) is 0. The third-order valence-corrected chi connectivity index (χ3v) is 6.67. The first-order valence-electron chi connectivity index (χ1n) is 12.8. The van der Waals surface area contributed by atoms with Crippen molar-refractivity contribution in [3.05, 3.63) is 59.7 Å². The van der Waals surface area contributed by atoms with Crippen LogP contribution in [0.3, 0.4) is 0 Å². The van der Waals surface area contributed by atoms with Gasteiger partial charge in [-0.15, -0.1) is 0 Å². The number of benzene rings is 1. The second kappa shape index (κ2) is 11.4. The summed E-state index contributed by atoms with van der Waals surface area (Å²) in [6.45, 7) is 12.4. The average molecular weight is 498 g/mol. The van der Waals surface area contributed by atoms with Crippen LogP contribution in [-0.4, -0.2) is 56.4 Å². The molecule has 1 fully saturated rings. The van der Waals surface area contributed by atoms with E-state index in [1.165, 1.54) is 12.4 Å². The molecule has 4 rings (SSSR count). The summed E-state index contributed by atoms with van der Waals surface area (Å²) >= 11 is 0. The van der Waals surface area contributed by atoms with E-state index in [2.05, 4.69) is 53.0 Å². The molecule has 0 radical (unpaired) electrons. The molecule has 1 unspecified atom stereocenters. The maximum atomic E-state index is 15.7. The molecule has 9 heteroatoms. The number of imidazole rings is 1. The Hall–Kier alpha value is -2.91. The topological polar surface area (TPSA) is 70.9 Å². The number of nitrogens with zero attached hydrogens (tertiary/aromatic N) is 5. The molecule has 0 aliphatic carbocycles. The van der Waals surface area contributed by atoms with Gasteiger partial charge in [-0.1, -0.05) is 27.7 Å². The summed E-state index contributed by atoms with van der Waals surface area (Å²) in [5.41, 5.74) is 6.46. The lowest BCUT2D eigenvalue weighted by Crippen LogP contribution is -2.45. The van der Waals surface area contributed by atoms with Crippen molar-refractivity contribution < 1.29 is 8.78 Å². The van der Waals surface area contributed by atoms with Crippen molar-refractivity contribution in [1.82, 2.24) is 29.8 Å². The molecule has 1 aliphatic rings. The number of hydrazine groups is 1. The number of nitrogens with one attached hydrogen (secondary N) is 2. The Morgan fingerprint density at radius 1 is 1.19 bits per heavy atom. The van der Waals surface area contributed by atoms with Gasteiger partial charge in [0.1, 0.15) is 30.0 Å². The third kappa shape index (κ3) is 6.07. The van der Waals surface area contributed by atoms with Crippen LogP contribution in [0.4, 0.5) is 14.6 Å². The predicted molar refractivity (Wildman–Crippen MR) is 139 cm³/mol. The van der Waals surface area contributed by atoms with Gasteiger partial charge in [-0.25, -0.2) is 28.7 Å². The largest absolute Gasteiger partial charge is 0.333 e. The maximum Gasteiger partial charge on any atom is 0.147 e. The Kier molecular flexibility index (Phi) is 8.31. The highest BCUT2D eigenvalue weighted by Crippen LogP contribution is 2.33. The molecule has 36 heavy (non-hydrogen) atoms. The highest BCUT2D eigenvalue weighted by Gasteiger charge is 2.34. The highest BCUT2D eigenvalue weighted by molar-refractivity contribution is 5.60. The fourth-order valence-corrected chi connectivity index (χ4v) is 4.63. The van der Waals surface area contributed by atoms with Crippen LogP contribution in [0.1, 0.15) is 62.9 Å². The number of aryl methyl sites for hydroxylation is 1. The molecular weight excluding hydrogens is 460 g/mol. The molecule has 2 N–H and O–H groups in total. The number of hydrogen-bond donors (Lipinski definition) is 2. The van der Waals surface area contributed by atoms with E-state index in [1.54, 1.807) is 25.3 Å². The fraction of sp³-hybridized carbons (Fsp3) is 0.519. The molecule has 2 atom stereocenters. The predicted octanol–water partition coefficient (Wildman–Crippen LogP) is 5.06. The van der Waals surface area contributed by atoms with Gasteiger partial charge in [0.2, 0.25) is 0 Å². The maximum absolute atomic E-state index is 15.7. The van der Waals surface area contributed by atoms with Gasteiger partial charge in [-0.05, 0) is 43.0 Å². The lowest BCUT2D eigenvalue weighted by atomic mass is 9.94. The molecule has 194 valence electrons. The lowest BCUT2D eigenvalue weighted by Gasteiger charge is -2.35. The molecular formula is C27H37F2N7. The standard InChI is InChI=1S/C27H37F2N7/c1-17(2)22-13-30-16-32-26(22)34-36-10-8-21(24(29)14-36)27-33-25(15-35(27)11-9-31-18(3)4)20-6-7-23(28)19(5)12-20/h6-7,12-13,15-18,21,24,31H,8-11,14H2,1-5H3,(H,30,32,34)/t21?,24-/m1/s1. The zero-order valence-corrected chi connectivity index (χ0v) is 21.8. The minimum atomic E-state index is -1.10. The average Bonchev–Trinajstić information content (AvgIpc) is 3.24. The van der Waals surface area contributed by atoms with Gasteiger partial charge >= 0.3 is 0 Å². The first-order chi connectivity index (χ1) is 17.2. The summed E-state index contributed by atoms with van der Waals surface area (Å²) in [5.74, 6) is 1.16. The monoisotopic (exact) mass is 497 g/mol. The van der Waals surface area contributed by atoms with Gasteiger partial charge in [0, 0.05) is 49.2 Å². The number of piperidine rings is 1. The number of halogens is 2. The lowest BCUT2D eigenvalue weighted by molar-refractivity contribution is 0.132. The van der Waals surface area contributed by atoms with Gasteiger partial charge in [-0.2, -0.15) is 0 Å². The van der Waals surface area contributed by atoms with Crippen LogP contribution in [0.15, 0.2) is 36.9 Å². The highest BCUT2D eigenvalue weighted by atomic mass is 19.1. The molecule has 1 aliphatic heterocycles. The number of alkyl halides is 1. The van der Waals surface area contributed by atoms with Crippen molar-refractivity contribution in [2.24, 2.45) is 0 Å². The van der Waals surface area contributed by atoms with E-state index < -0.39 is 6.17 Å². The van der Waals surface area contributed by atoms with E-state index in [4.69, 9.17) is 4.98 Å². The van der Waals surface area contributed by atoms with Crippen LogP contribution in [0.25, 0.3) is 11.3 Å². The Morgan fingerprint density at radius 3 is 2.69 bits per heavy atom. The quantitative estimate of drug-likeness (QED) is 0.431. The molecule has 1 aromatic carbocycles. The number of aromatic nitrogens is 4. The first-order valence-corrected chi connectivity index (χ1v) is 12.8. The molecule has 2 aromatic heterocycles. The number of anilines is 1. The van der Waals surface area contributed by atoms with Gasteiger partial charge in [0.05, 0.1) is 18.2 Å². The zero-order valence-electron chi connectivity index (χ0n) is 21.8. The van der Waals surface area contributed by atoms with Crippen LogP contribution >= 0.6 is 0 Å². The molecule has 0 spiro atoms. The van der Waals surface area contributed by atoms with Gasteiger partial charge in [0.25, 0.3) is 0 Å². The molecule has 3 aromatic rings. The molecule has 0 amide bonds. The van der Waals surface area contributed by atoms with E-state index >= 15 is 4.39 Å². The van der Waals surface area contributed by atoms with Crippen molar-refractivity contribution in [2.45, 2.75) is 71.6 Å². The summed E-state index contributed by atoms with van der Waals surface area (Å²) in [4.78, 5) is 13.4. The molecule has 0 bridgehead atoms. The SMILES string of the molecule is Cc1cc(-c2cn(CCNC(C)C)c(C3CCN(Nc4ncncc4C(C)C)C[C@H]3F)n2)ccc1F. The molecule has 7 nitrogen and oxygen atoms in total. The van der Waals surface area contributed by atoms with E-state index in [9.17, 15) is 4.39 Å². The summed E-state index contributed by atoms with van der Waals surface area (Å²) in [5, 5.41) is 5.32. The summed E-state index contributed by atoms with van der Waals surface area (Å²) in [6, 6.07) is 5.35. The smallest absolute Gasteiger partial charge is 0.147 e. The fourth-order valence-electron chi connectivity index (χ4n) is 4.63. The van der Waals surface area contributed by atoms with Crippen LogP contribution in [-0.2, 0) is 6.54 Å². The molecule has 1 saturated heterocycles. The van der Waals surface area contributed by atoms with E-state index in [-0.39, 0.29) is 24.2 Å². The van der Waals surface area contributed by atoms with Crippen LogP contribution in [0, 0.1) is 12.7 Å². The van der Waals surface area contributed by atoms with Crippen molar-refractivity contribution in [2.75, 3.05) is 25.1 Å². The Bertz CT molecular complexity index is 1160. The molecule has 3 heterocycles. The van der Waals surface area contributed by atoms with E-state index in [0.717, 1.165) is 35.0 Å². The van der Waals surface area contributed by atoms with Gasteiger partial charge in [0.15, 0.2) is 0 Å².